The molecular formula is C23H26ClN3O2. The van der Waals surface area contributed by atoms with Gasteiger partial charge >= 0.3 is 0 Å². The number of carbonyl (C=O) groups is 2. The van der Waals surface area contributed by atoms with Crippen LogP contribution in [0.3, 0.4) is 0 Å². The van der Waals surface area contributed by atoms with Gasteiger partial charge in [-0.2, -0.15) is 0 Å². The van der Waals surface area contributed by atoms with Crippen molar-refractivity contribution in [2.24, 2.45) is 5.41 Å². The predicted octanol–water partition coefficient (Wildman–Crippen LogP) is 4.67. The zero-order valence-corrected chi connectivity index (χ0v) is 17.8. The summed E-state index contributed by atoms with van der Waals surface area (Å²) in [5.74, 6) is 0.884. The standard InChI is InChI=1S/C23H26ClN3O2/c1-23(2,3)22(29)25-14-6-9-21-26-18-7-4-5-8-19(18)27(21)15-20(28)16-10-12-17(24)13-11-16/h4-5,7-8,10-13H,6,9,14-15H2,1-3H3,(H,25,29). The van der Waals surface area contributed by atoms with Gasteiger partial charge in [0.15, 0.2) is 5.78 Å². The van der Waals surface area contributed by atoms with Gasteiger partial charge in [-0.15, -0.1) is 0 Å². The highest BCUT2D eigenvalue weighted by atomic mass is 35.5. The average Bonchev–Trinajstić information content (AvgIpc) is 3.02. The van der Waals surface area contributed by atoms with Crippen LogP contribution in [-0.4, -0.2) is 27.8 Å². The van der Waals surface area contributed by atoms with Crippen LogP contribution in [0.25, 0.3) is 11.0 Å². The third-order valence-corrected chi connectivity index (χ3v) is 5.00. The molecule has 0 spiro atoms. The molecule has 1 heterocycles. The number of aromatic nitrogens is 2. The molecule has 5 nitrogen and oxygen atoms in total. The number of ketones is 1. The van der Waals surface area contributed by atoms with Gasteiger partial charge in [-0.3, -0.25) is 9.59 Å². The average molecular weight is 412 g/mol. The third-order valence-electron chi connectivity index (χ3n) is 4.75. The van der Waals surface area contributed by atoms with Crippen molar-refractivity contribution in [3.8, 4) is 0 Å². The molecule has 0 aliphatic rings. The highest BCUT2D eigenvalue weighted by Gasteiger charge is 2.20. The Morgan fingerprint density at radius 2 is 1.76 bits per heavy atom. The summed E-state index contributed by atoms with van der Waals surface area (Å²) in [5, 5.41) is 3.57. The topological polar surface area (TPSA) is 64.0 Å². The minimum atomic E-state index is -0.405. The van der Waals surface area contributed by atoms with E-state index >= 15 is 0 Å². The Hall–Kier alpha value is -2.66. The molecule has 0 bridgehead atoms. The first-order chi connectivity index (χ1) is 13.8. The molecule has 0 unspecified atom stereocenters. The highest BCUT2D eigenvalue weighted by Crippen LogP contribution is 2.19. The molecule has 0 radical (unpaired) electrons. The lowest BCUT2D eigenvalue weighted by atomic mass is 9.96. The van der Waals surface area contributed by atoms with Gasteiger partial charge in [0.25, 0.3) is 0 Å². The van der Waals surface area contributed by atoms with Crippen molar-refractivity contribution in [1.29, 1.82) is 0 Å². The van der Waals surface area contributed by atoms with Gasteiger partial charge in [0.1, 0.15) is 5.82 Å². The quantitative estimate of drug-likeness (QED) is 0.454. The van der Waals surface area contributed by atoms with Gasteiger partial charge in [-0.1, -0.05) is 44.5 Å². The number of nitrogens with zero attached hydrogens (tertiary/aromatic N) is 2. The zero-order chi connectivity index (χ0) is 21.0. The molecule has 0 saturated carbocycles. The molecule has 29 heavy (non-hydrogen) atoms. The first-order valence-electron chi connectivity index (χ1n) is 9.77. The number of halogens is 1. The fourth-order valence-corrected chi connectivity index (χ4v) is 3.20. The molecule has 0 saturated heterocycles. The Balaban J connectivity index is 1.75. The number of Topliss-reactive ketones (excluding diaryl/α,β-unsaturated/α-hetero) is 1. The van der Waals surface area contributed by atoms with Crippen molar-refractivity contribution < 1.29 is 9.59 Å². The number of hydrogen-bond donors (Lipinski definition) is 1. The van der Waals surface area contributed by atoms with Crippen molar-refractivity contribution in [3.63, 3.8) is 0 Å². The van der Waals surface area contributed by atoms with E-state index in [-0.39, 0.29) is 18.2 Å². The number of carbonyl (C=O) groups excluding carboxylic acids is 2. The van der Waals surface area contributed by atoms with Crippen molar-refractivity contribution in [2.45, 2.75) is 40.2 Å². The van der Waals surface area contributed by atoms with Gasteiger partial charge in [-0.25, -0.2) is 4.98 Å². The van der Waals surface area contributed by atoms with E-state index < -0.39 is 5.41 Å². The van der Waals surface area contributed by atoms with Crippen LogP contribution in [0.4, 0.5) is 0 Å². The summed E-state index contributed by atoms with van der Waals surface area (Å²) in [6.07, 6.45) is 1.42. The molecule has 0 fully saturated rings. The SMILES string of the molecule is CC(C)(C)C(=O)NCCCc1nc2ccccc2n1CC(=O)c1ccc(Cl)cc1. The second-order valence-electron chi connectivity index (χ2n) is 8.14. The second kappa shape index (κ2) is 8.78. The number of nitrogens with one attached hydrogen (secondary N) is 1. The normalized spacial score (nSPS) is 11.6. The molecule has 1 aromatic heterocycles. The van der Waals surface area contributed by atoms with Crippen molar-refractivity contribution in [3.05, 3.63) is 64.9 Å². The number of hydrogen-bond acceptors (Lipinski definition) is 3. The molecule has 1 amide bonds. The maximum atomic E-state index is 12.8. The van der Waals surface area contributed by atoms with E-state index in [4.69, 9.17) is 16.6 Å². The monoisotopic (exact) mass is 411 g/mol. The lowest BCUT2D eigenvalue weighted by Gasteiger charge is -2.17. The van der Waals surface area contributed by atoms with E-state index in [0.29, 0.717) is 23.6 Å². The number of aryl methyl sites for hydroxylation is 1. The summed E-state index contributed by atoms with van der Waals surface area (Å²) in [4.78, 5) is 29.5. The number of amides is 1. The molecule has 6 heteroatoms. The largest absolute Gasteiger partial charge is 0.356 e. The number of para-hydroxylation sites is 2. The van der Waals surface area contributed by atoms with E-state index in [0.717, 1.165) is 23.3 Å². The Bertz CT molecular complexity index is 1020. The van der Waals surface area contributed by atoms with Crippen molar-refractivity contribution in [1.82, 2.24) is 14.9 Å². The minimum Gasteiger partial charge on any atom is -0.356 e. The van der Waals surface area contributed by atoms with Crippen LogP contribution in [0, 0.1) is 5.41 Å². The van der Waals surface area contributed by atoms with E-state index in [1.807, 2.05) is 49.6 Å². The van der Waals surface area contributed by atoms with Crippen LogP contribution >= 0.6 is 11.6 Å². The fourth-order valence-electron chi connectivity index (χ4n) is 3.08. The Morgan fingerprint density at radius 1 is 1.07 bits per heavy atom. The van der Waals surface area contributed by atoms with Crippen LogP contribution in [-0.2, 0) is 17.8 Å². The van der Waals surface area contributed by atoms with E-state index in [9.17, 15) is 9.59 Å². The molecule has 152 valence electrons. The maximum Gasteiger partial charge on any atom is 0.225 e. The highest BCUT2D eigenvalue weighted by molar-refractivity contribution is 6.30. The lowest BCUT2D eigenvalue weighted by Crippen LogP contribution is -2.35. The summed E-state index contributed by atoms with van der Waals surface area (Å²) in [5.41, 5.74) is 2.02. The van der Waals surface area contributed by atoms with E-state index in [2.05, 4.69) is 5.32 Å². The van der Waals surface area contributed by atoms with Crippen LogP contribution in [0.5, 0.6) is 0 Å². The van der Waals surface area contributed by atoms with E-state index in [1.54, 1.807) is 24.3 Å². The van der Waals surface area contributed by atoms with Crippen molar-refractivity contribution >= 4 is 34.3 Å². The van der Waals surface area contributed by atoms with Gasteiger partial charge in [0.2, 0.25) is 5.91 Å². The Morgan fingerprint density at radius 3 is 2.45 bits per heavy atom. The first-order valence-corrected chi connectivity index (χ1v) is 10.1. The minimum absolute atomic E-state index is 0.00658. The molecule has 2 aromatic carbocycles. The summed E-state index contributed by atoms with van der Waals surface area (Å²) in [7, 11) is 0. The molecule has 0 atom stereocenters. The smallest absolute Gasteiger partial charge is 0.225 e. The lowest BCUT2D eigenvalue weighted by molar-refractivity contribution is -0.128. The summed E-state index contributed by atoms with van der Waals surface area (Å²) < 4.78 is 1.97. The number of benzene rings is 2. The molecule has 1 N–H and O–H groups in total. The summed E-state index contributed by atoms with van der Waals surface area (Å²) >= 11 is 5.93. The van der Waals surface area contributed by atoms with Crippen LogP contribution < -0.4 is 5.32 Å². The number of rotatable bonds is 7. The van der Waals surface area contributed by atoms with Gasteiger partial charge in [0.05, 0.1) is 17.6 Å². The van der Waals surface area contributed by atoms with E-state index in [1.165, 1.54) is 0 Å². The van der Waals surface area contributed by atoms with Crippen LogP contribution in [0.2, 0.25) is 5.02 Å². The summed E-state index contributed by atoms with van der Waals surface area (Å²) in [6.45, 7) is 6.47. The fraction of sp³-hybridized carbons (Fsp3) is 0.348. The van der Waals surface area contributed by atoms with Gasteiger partial charge in [-0.05, 0) is 42.8 Å². The number of imidazole rings is 1. The molecule has 0 aliphatic heterocycles. The van der Waals surface area contributed by atoms with Crippen LogP contribution in [0.15, 0.2) is 48.5 Å². The Kier molecular flexibility index (Phi) is 6.38. The number of fused-ring (bicyclic) bond motifs is 1. The molecule has 3 aromatic rings. The zero-order valence-electron chi connectivity index (χ0n) is 17.0. The van der Waals surface area contributed by atoms with Crippen molar-refractivity contribution in [2.75, 3.05) is 6.54 Å². The summed E-state index contributed by atoms with van der Waals surface area (Å²) in [6, 6.07) is 14.7. The molecule has 0 aliphatic carbocycles. The van der Waals surface area contributed by atoms with Crippen LogP contribution in [0.1, 0.15) is 43.4 Å². The second-order valence-corrected chi connectivity index (χ2v) is 8.58. The maximum absolute atomic E-state index is 12.8. The Labute approximate surface area is 176 Å². The first kappa shape index (κ1) is 21.1. The van der Waals surface area contributed by atoms with Gasteiger partial charge in [0, 0.05) is 29.0 Å². The molecular weight excluding hydrogens is 386 g/mol. The third kappa shape index (κ3) is 5.24. The predicted molar refractivity (Wildman–Crippen MR) is 116 cm³/mol. The van der Waals surface area contributed by atoms with Gasteiger partial charge < -0.3 is 9.88 Å². The molecule has 3 rings (SSSR count).